The van der Waals surface area contributed by atoms with Crippen molar-refractivity contribution < 1.29 is 22.7 Å². The summed E-state index contributed by atoms with van der Waals surface area (Å²) in [6.07, 6.45) is 4.94. The molecule has 236 valence electrons. The van der Waals surface area contributed by atoms with E-state index in [1.54, 1.807) is 55.5 Å². The molecule has 1 saturated carbocycles. The molecule has 1 fully saturated rings. The molecule has 3 aromatic carbocycles. The number of methoxy groups -OCH3 is 1. The fraction of sp³-hybridized carbons (Fsp3) is 0.394. The molecule has 1 aliphatic rings. The third-order valence-electron chi connectivity index (χ3n) is 8.00. The molecular formula is C33H39Cl2N3O5S. The molecular weight excluding hydrogens is 621 g/mol. The van der Waals surface area contributed by atoms with Crippen molar-refractivity contribution in [2.75, 3.05) is 18.0 Å². The zero-order valence-electron chi connectivity index (χ0n) is 25.5. The fourth-order valence-electron chi connectivity index (χ4n) is 5.35. The highest BCUT2D eigenvalue weighted by Gasteiger charge is 2.35. The number of anilines is 1. The summed E-state index contributed by atoms with van der Waals surface area (Å²) in [7, 11) is -2.81. The summed E-state index contributed by atoms with van der Waals surface area (Å²) < 4.78 is 35.0. The molecule has 0 bridgehead atoms. The minimum atomic E-state index is -4.25. The number of rotatable bonds is 11. The zero-order valence-corrected chi connectivity index (χ0v) is 27.8. The predicted octanol–water partition coefficient (Wildman–Crippen LogP) is 6.68. The predicted molar refractivity (Wildman–Crippen MR) is 175 cm³/mol. The van der Waals surface area contributed by atoms with Crippen LogP contribution in [0.25, 0.3) is 0 Å². The van der Waals surface area contributed by atoms with Gasteiger partial charge in [-0.15, -0.1) is 0 Å². The smallest absolute Gasteiger partial charge is 0.264 e. The Balaban J connectivity index is 1.76. The van der Waals surface area contributed by atoms with E-state index in [9.17, 15) is 18.0 Å². The highest BCUT2D eigenvalue weighted by molar-refractivity contribution is 7.92. The first-order valence-electron chi connectivity index (χ1n) is 14.7. The van der Waals surface area contributed by atoms with Crippen LogP contribution in [0.15, 0.2) is 65.6 Å². The maximum absolute atomic E-state index is 14.3. The number of carbonyl (C=O) groups is 2. The van der Waals surface area contributed by atoms with Gasteiger partial charge in [-0.05, 0) is 75.6 Å². The van der Waals surface area contributed by atoms with Crippen LogP contribution >= 0.6 is 23.2 Å². The highest BCUT2D eigenvalue weighted by atomic mass is 35.5. The van der Waals surface area contributed by atoms with Crippen molar-refractivity contribution in [3.05, 3.63) is 87.4 Å². The molecule has 1 atom stereocenters. The molecule has 44 heavy (non-hydrogen) atoms. The Kier molecular flexibility index (Phi) is 11.2. The summed E-state index contributed by atoms with van der Waals surface area (Å²) >= 11 is 13.0. The lowest BCUT2D eigenvalue weighted by atomic mass is 9.95. The molecule has 0 unspecified atom stereocenters. The van der Waals surface area contributed by atoms with Crippen molar-refractivity contribution in [2.24, 2.45) is 0 Å². The van der Waals surface area contributed by atoms with Gasteiger partial charge in [0.15, 0.2) is 0 Å². The molecule has 0 heterocycles. The van der Waals surface area contributed by atoms with E-state index >= 15 is 0 Å². The van der Waals surface area contributed by atoms with Gasteiger partial charge < -0.3 is 15.0 Å². The third-order valence-corrected chi connectivity index (χ3v) is 10.5. The van der Waals surface area contributed by atoms with E-state index in [1.807, 2.05) is 13.8 Å². The van der Waals surface area contributed by atoms with Crippen LogP contribution in [0.2, 0.25) is 10.0 Å². The van der Waals surface area contributed by atoms with Gasteiger partial charge in [0.1, 0.15) is 18.3 Å². The van der Waals surface area contributed by atoms with E-state index in [0.29, 0.717) is 15.6 Å². The minimum Gasteiger partial charge on any atom is -0.495 e. The Morgan fingerprint density at radius 3 is 2.18 bits per heavy atom. The van der Waals surface area contributed by atoms with Gasteiger partial charge in [0.2, 0.25) is 11.8 Å². The van der Waals surface area contributed by atoms with Gasteiger partial charge in [-0.25, -0.2) is 8.42 Å². The second-order valence-corrected chi connectivity index (χ2v) is 13.9. The largest absolute Gasteiger partial charge is 0.495 e. The van der Waals surface area contributed by atoms with E-state index in [2.05, 4.69) is 5.32 Å². The van der Waals surface area contributed by atoms with Crippen molar-refractivity contribution in [1.82, 2.24) is 10.2 Å². The Morgan fingerprint density at radius 2 is 1.57 bits per heavy atom. The number of sulfonamides is 1. The summed E-state index contributed by atoms with van der Waals surface area (Å²) in [5, 5.41) is 3.76. The normalized spacial score (nSPS) is 14.5. The molecule has 1 N–H and O–H groups in total. The van der Waals surface area contributed by atoms with E-state index in [-0.39, 0.29) is 34.8 Å². The van der Waals surface area contributed by atoms with E-state index in [0.717, 1.165) is 47.5 Å². The maximum Gasteiger partial charge on any atom is 0.264 e. The standard InChI is InChI=1S/C33H39Cl2N3O5S/c1-22-13-16-26(17-14-22)44(41,42)38(30-19-23(2)15-18-31(30)43-4)21-32(39)37(20-27-28(34)11-8-12-29(27)35)24(3)33(40)36-25-9-6-5-7-10-25/h8,11-19,24-25H,5-7,9-10,20-21H2,1-4H3,(H,36,40)/t24-/m1/s1. The summed E-state index contributed by atoms with van der Waals surface area (Å²) in [4.78, 5) is 29.2. The number of carbonyl (C=O) groups excluding carboxylic acids is 2. The lowest BCUT2D eigenvalue weighted by Crippen LogP contribution is -2.53. The second-order valence-electron chi connectivity index (χ2n) is 11.2. The van der Waals surface area contributed by atoms with Crippen LogP contribution in [0.5, 0.6) is 5.75 Å². The van der Waals surface area contributed by atoms with Crippen LogP contribution in [-0.4, -0.2) is 50.9 Å². The van der Waals surface area contributed by atoms with Crippen LogP contribution in [0, 0.1) is 13.8 Å². The maximum atomic E-state index is 14.3. The average Bonchev–Trinajstić information content (AvgIpc) is 3.00. The monoisotopic (exact) mass is 659 g/mol. The number of hydrogen-bond acceptors (Lipinski definition) is 5. The topological polar surface area (TPSA) is 96.0 Å². The van der Waals surface area contributed by atoms with Crippen LogP contribution in [0.4, 0.5) is 5.69 Å². The Morgan fingerprint density at radius 1 is 0.955 bits per heavy atom. The van der Waals surface area contributed by atoms with Crippen molar-refractivity contribution >= 4 is 50.7 Å². The summed E-state index contributed by atoms with van der Waals surface area (Å²) in [6, 6.07) is 15.6. The highest BCUT2D eigenvalue weighted by Crippen LogP contribution is 2.34. The van der Waals surface area contributed by atoms with Gasteiger partial charge in [-0.3, -0.25) is 13.9 Å². The van der Waals surface area contributed by atoms with Gasteiger partial charge in [0, 0.05) is 28.2 Å². The number of hydrogen-bond donors (Lipinski definition) is 1. The van der Waals surface area contributed by atoms with Crippen molar-refractivity contribution in [1.29, 1.82) is 0 Å². The number of halogens is 2. The minimum absolute atomic E-state index is 0.0169. The molecule has 0 spiro atoms. The van der Waals surface area contributed by atoms with Crippen LogP contribution < -0.4 is 14.4 Å². The molecule has 2 amide bonds. The third kappa shape index (κ3) is 7.86. The second kappa shape index (κ2) is 14.7. The van der Waals surface area contributed by atoms with E-state index in [1.165, 1.54) is 24.1 Å². The molecule has 11 heteroatoms. The van der Waals surface area contributed by atoms with Crippen LogP contribution in [-0.2, 0) is 26.2 Å². The van der Waals surface area contributed by atoms with Crippen molar-refractivity contribution in [3.63, 3.8) is 0 Å². The van der Waals surface area contributed by atoms with Gasteiger partial charge in [-0.1, -0.05) is 72.3 Å². The molecule has 0 saturated heterocycles. The van der Waals surface area contributed by atoms with E-state index < -0.39 is 28.5 Å². The van der Waals surface area contributed by atoms with Gasteiger partial charge in [0.25, 0.3) is 10.0 Å². The summed E-state index contributed by atoms with van der Waals surface area (Å²) in [5.41, 5.74) is 2.33. The SMILES string of the molecule is COc1ccc(C)cc1N(CC(=O)N(Cc1c(Cl)cccc1Cl)[C@H](C)C(=O)NC1CCCCC1)S(=O)(=O)c1ccc(C)cc1. The molecule has 0 aliphatic heterocycles. The molecule has 0 aromatic heterocycles. The van der Waals surface area contributed by atoms with Crippen LogP contribution in [0.3, 0.4) is 0 Å². The molecule has 1 aliphatic carbocycles. The fourth-order valence-corrected chi connectivity index (χ4v) is 7.28. The Labute approximate surface area is 270 Å². The Hall–Kier alpha value is -3.27. The molecule has 0 radical (unpaired) electrons. The average molecular weight is 661 g/mol. The van der Waals surface area contributed by atoms with Gasteiger partial charge in [0.05, 0.1) is 17.7 Å². The van der Waals surface area contributed by atoms with Crippen molar-refractivity contribution in [3.8, 4) is 5.75 Å². The molecule has 4 rings (SSSR count). The lowest BCUT2D eigenvalue weighted by Gasteiger charge is -2.34. The molecule has 3 aromatic rings. The first-order chi connectivity index (χ1) is 20.9. The Bertz CT molecular complexity index is 1570. The molecule has 8 nitrogen and oxygen atoms in total. The number of amides is 2. The number of aryl methyl sites for hydroxylation is 2. The van der Waals surface area contributed by atoms with Crippen molar-refractivity contribution in [2.45, 2.75) is 76.4 Å². The zero-order chi connectivity index (χ0) is 32.0. The van der Waals surface area contributed by atoms with Crippen LogP contribution in [0.1, 0.15) is 55.7 Å². The number of ether oxygens (including phenoxy) is 1. The summed E-state index contributed by atoms with van der Waals surface area (Å²) in [5.74, 6) is -0.649. The van der Waals surface area contributed by atoms with Gasteiger partial charge in [-0.2, -0.15) is 0 Å². The van der Waals surface area contributed by atoms with Gasteiger partial charge >= 0.3 is 0 Å². The quantitative estimate of drug-likeness (QED) is 0.248. The first-order valence-corrected chi connectivity index (χ1v) is 16.9. The first kappa shape index (κ1) is 33.6. The number of benzene rings is 3. The summed E-state index contributed by atoms with van der Waals surface area (Å²) in [6.45, 7) is 4.62. The number of nitrogens with zero attached hydrogens (tertiary/aromatic N) is 2. The van der Waals surface area contributed by atoms with E-state index in [4.69, 9.17) is 27.9 Å². The number of nitrogens with one attached hydrogen (secondary N) is 1. The lowest BCUT2D eigenvalue weighted by molar-refractivity contribution is -0.139.